The van der Waals surface area contributed by atoms with Gasteiger partial charge in [0.15, 0.2) is 11.5 Å². The monoisotopic (exact) mass is 280 g/mol. The van der Waals surface area contributed by atoms with Crippen LogP contribution in [0, 0.1) is 0 Å². The Labute approximate surface area is 115 Å². The summed E-state index contributed by atoms with van der Waals surface area (Å²) in [7, 11) is 3.96. The first-order valence-corrected chi connectivity index (χ1v) is 6.60. The van der Waals surface area contributed by atoms with Crippen LogP contribution in [0.4, 0.5) is 0 Å². The maximum atomic E-state index is 9.17. The Hall–Kier alpha value is -1.80. The molecular formula is C11H16N6OS. The SMILES string of the molecule is CC(SNC(=NO)c1ccnc2nc[nH]c12)N(C)C. The first kappa shape index (κ1) is 13.6. The molecule has 3 N–H and O–H groups in total. The number of hydrogen-bond acceptors (Lipinski definition) is 6. The number of oxime groups is 1. The molecule has 0 aromatic carbocycles. The van der Waals surface area contributed by atoms with Gasteiger partial charge in [-0.2, -0.15) is 0 Å². The zero-order chi connectivity index (χ0) is 13.8. The fraction of sp³-hybridized carbons (Fsp3) is 0.364. The van der Waals surface area contributed by atoms with Crippen LogP contribution in [0.15, 0.2) is 23.7 Å². The molecule has 0 fully saturated rings. The summed E-state index contributed by atoms with van der Waals surface area (Å²) < 4.78 is 3.05. The number of H-pyrrole nitrogens is 1. The van der Waals surface area contributed by atoms with Crippen molar-refractivity contribution in [3.05, 3.63) is 24.2 Å². The summed E-state index contributed by atoms with van der Waals surface area (Å²) in [5.41, 5.74) is 2.05. The predicted octanol–water partition coefficient (Wildman–Crippen LogP) is 1.24. The summed E-state index contributed by atoms with van der Waals surface area (Å²) >= 11 is 1.45. The topological polar surface area (TPSA) is 89.4 Å². The molecule has 0 aliphatic rings. The maximum Gasteiger partial charge on any atom is 0.184 e. The largest absolute Gasteiger partial charge is 0.409 e. The van der Waals surface area contributed by atoms with E-state index in [0.29, 0.717) is 11.5 Å². The average molecular weight is 280 g/mol. The second-order valence-electron chi connectivity index (χ2n) is 4.19. The van der Waals surface area contributed by atoms with E-state index in [1.54, 1.807) is 18.6 Å². The highest BCUT2D eigenvalue weighted by atomic mass is 32.2. The van der Waals surface area contributed by atoms with Gasteiger partial charge in [0, 0.05) is 6.20 Å². The van der Waals surface area contributed by atoms with Gasteiger partial charge in [0.1, 0.15) is 0 Å². The lowest BCUT2D eigenvalue weighted by molar-refractivity contribution is 0.318. The third kappa shape index (κ3) is 2.96. The number of pyridine rings is 1. The third-order valence-corrected chi connectivity index (χ3v) is 3.81. The number of aromatic nitrogens is 3. The molecule has 8 heteroatoms. The van der Waals surface area contributed by atoms with E-state index in [2.05, 4.69) is 24.8 Å². The molecule has 0 aliphatic heterocycles. The minimum absolute atomic E-state index is 0.232. The molecule has 2 aromatic rings. The van der Waals surface area contributed by atoms with E-state index in [9.17, 15) is 5.21 Å². The van der Waals surface area contributed by atoms with Crippen molar-refractivity contribution in [3.63, 3.8) is 0 Å². The highest BCUT2D eigenvalue weighted by molar-refractivity contribution is 7.98. The minimum atomic E-state index is 0.232. The predicted molar refractivity (Wildman–Crippen MR) is 76.1 cm³/mol. The summed E-state index contributed by atoms with van der Waals surface area (Å²) in [6.07, 6.45) is 3.19. The number of nitrogens with zero attached hydrogens (tertiary/aromatic N) is 4. The number of imidazole rings is 1. The van der Waals surface area contributed by atoms with Crippen molar-refractivity contribution in [1.29, 1.82) is 0 Å². The molecule has 2 rings (SSSR count). The number of hydrogen-bond donors (Lipinski definition) is 3. The van der Waals surface area contributed by atoms with Crippen molar-refractivity contribution in [2.75, 3.05) is 14.1 Å². The fourth-order valence-corrected chi connectivity index (χ4v) is 2.07. The Morgan fingerprint density at radius 1 is 1.53 bits per heavy atom. The molecule has 102 valence electrons. The average Bonchev–Trinajstić information content (AvgIpc) is 2.87. The van der Waals surface area contributed by atoms with Crippen molar-refractivity contribution < 1.29 is 5.21 Å². The third-order valence-electron chi connectivity index (χ3n) is 2.74. The summed E-state index contributed by atoms with van der Waals surface area (Å²) in [6.45, 7) is 2.05. The molecule has 1 atom stereocenters. The van der Waals surface area contributed by atoms with E-state index in [-0.39, 0.29) is 5.37 Å². The molecule has 19 heavy (non-hydrogen) atoms. The van der Waals surface area contributed by atoms with Crippen LogP contribution in [0.5, 0.6) is 0 Å². The van der Waals surface area contributed by atoms with Gasteiger partial charge in [0.2, 0.25) is 0 Å². The molecule has 1 unspecified atom stereocenters. The van der Waals surface area contributed by atoms with E-state index < -0.39 is 0 Å². The van der Waals surface area contributed by atoms with E-state index in [1.807, 2.05) is 25.9 Å². The first-order chi connectivity index (χ1) is 9.13. The number of aromatic amines is 1. The van der Waals surface area contributed by atoms with Gasteiger partial charge in [-0.05, 0) is 39.0 Å². The summed E-state index contributed by atoms with van der Waals surface area (Å²) in [5, 5.41) is 12.7. The van der Waals surface area contributed by atoms with Crippen LogP contribution in [0.3, 0.4) is 0 Å². The van der Waals surface area contributed by atoms with Crippen molar-refractivity contribution >= 4 is 28.9 Å². The highest BCUT2D eigenvalue weighted by Crippen LogP contribution is 2.15. The van der Waals surface area contributed by atoms with E-state index in [0.717, 1.165) is 11.1 Å². The Kier molecular flexibility index (Phi) is 4.23. The molecule has 0 amide bonds. The van der Waals surface area contributed by atoms with Gasteiger partial charge in [0.05, 0.1) is 22.8 Å². The zero-order valence-electron chi connectivity index (χ0n) is 11.0. The van der Waals surface area contributed by atoms with E-state index in [1.165, 1.54) is 11.9 Å². The summed E-state index contributed by atoms with van der Waals surface area (Å²) in [5.74, 6) is 0.371. The number of rotatable bonds is 4. The second-order valence-corrected chi connectivity index (χ2v) is 5.31. The van der Waals surface area contributed by atoms with Gasteiger partial charge < -0.3 is 14.9 Å². The minimum Gasteiger partial charge on any atom is -0.409 e. The lowest BCUT2D eigenvalue weighted by atomic mass is 10.2. The Morgan fingerprint density at radius 2 is 2.32 bits per heavy atom. The lowest BCUT2D eigenvalue weighted by Gasteiger charge is -2.19. The maximum absolute atomic E-state index is 9.17. The summed E-state index contributed by atoms with van der Waals surface area (Å²) in [6, 6.07) is 1.77. The van der Waals surface area contributed by atoms with Crippen LogP contribution in [0.2, 0.25) is 0 Å². The van der Waals surface area contributed by atoms with Crippen molar-refractivity contribution in [2.45, 2.75) is 12.3 Å². The molecule has 0 saturated heterocycles. The number of fused-ring (bicyclic) bond motifs is 1. The smallest absolute Gasteiger partial charge is 0.184 e. The Morgan fingerprint density at radius 3 is 3.00 bits per heavy atom. The van der Waals surface area contributed by atoms with Crippen LogP contribution in [0.1, 0.15) is 12.5 Å². The number of nitrogens with one attached hydrogen (secondary N) is 2. The molecule has 7 nitrogen and oxygen atoms in total. The normalized spacial score (nSPS) is 14.0. The van der Waals surface area contributed by atoms with Crippen molar-refractivity contribution in [3.8, 4) is 0 Å². The molecular weight excluding hydrogens is 264 g/mol. The van der Waals surface area contributed by atoms with Gasteiger partial charge in [-0.25, -0.2) is 9.97 Å². The van der Waals surface area contributed by atoms with E-state index >= 15 is 0 Å². The standard InChI is InChI=1S/C11H16N6OS/c1-7(17(2)3)19-16-10(15-18)8-4-5-12-11-9(8)13-6-14-11/h4-7,18H,1-3H3,(H,15,16)(H,12,13,14). The van der Waals surface area contributed by atoms with E-state index in [4.69, 9.17) is 0 Å². The summed E-state index contributed by atoms with van der Waals surface area (Å²) in [4.78, 5) is 13.2. The Bertz CT molecular complexity index is 581. The quantitative estimate of drug-likeness (QED) is 0.195. The molecule has 0 aliphatic carbocycles. The molecule has 0 spiro atoms. The van der Waals surface area contributed by atoms with Crippen LogP contribution in [-0.4, -0.2) is 50.4 Å². The second kappa shape index (κ2) is 5.89. The van der Waals surface area contributed by atoms with Gasteiger partial charge in [-0.1, -0.05) is 5.16 Å². The van der Waals surface area contributed by atoms with Gasteiger partial charge in [0.25, 0.3) is 0 Å². The fourth-order valence-electron chi connectivity index (χ4n) is 1.42. The van der Waals surface area contributed by atoms with Crippen LogP contribution < -0.4 is 4.72 Å². The molecule has 0 radical (unpaired) electrons. The Balaban J connectivity index is 2.21. The van der Waals surface area contributed by atoms with Crippen molar-refractivity contribution in [1.82, 2.24) is 24.6 Å². The number of amidine groups is 1. The highest BCUT2D eigenvalue weighted by Gasteiger charge is 2.13. The zero-order valence-corrected chi connectivity index (χ0v) is 11.8. The van der Waals surface area contributed by atoms with Gasteiger partial charge in [-0.3, -0.25) is 4.90 Å². The van der Waals surface area contributed by atoms with Gasteiger partial charge in [-0.15, -0.1) is 0 Å². The first-order valence-electron chi connectivity index (χ1n) is 5.72. The molecule has 0 saturated carbocycles. The van der Waals surface area contributed by atoms with Crippen molar-refractivity contribution in [2.24, 2.45) is 5.16 Å². The lowest BCUT2D eigenvalue weighted by Crippen LogP contribution is -2.28. The van der Waals surface area contributed by atoms with Gasteiger partial charge >= 0.3 is 0 Å². The molecule has 0 bridgehead atoms. The van der Waals surface area contributed by atoms with Crippen LogP contribution in [0.25, 0.3) is 11.2 Å². The van der Waals surface area contributed by atoms with Crippen LogP contribution >= 0.6 is 11.9 Å². The molecule has 2 aromatic heterocycles. The molecule has 2 heterocycles. The van der Waals surface area contributed by atoms with Crippen LogP contribution in [-0.2, 0) is 0 Å².